The number of amides is 3. The quantitative estimate of drug-likeness (QED) is 0.0155. The lowest BCUT2D eigenvalue weighted by molar-refractivity contribution is -0.161. The SMILES string of the molecule is CCC(=O)OCOC(=O)N[C@@H](Cc1ccc(OCCCC(C=O)P(=O)(O)O)cc1)C(=O)N(C)CC(=O)O[C@@H]1[C@@H](C)[C@@H](O)[C@@H](C)[C@H](C)[C@H](C)[C@@H](C)/C=C/O[C@@]2(C)Oc3c(C)c(O)c4c(O)c(c5c(c4c3C2=O)=NC2(CCN(CC(C)C)CC2)N=5)NC(=O)/C(C)=C\C=C\[C@@H]1C. The average molecular weight is 1320 g/mol. The largest absolute Gasteiger partial charge is 0.507 e. The van der Waals surface area contributed by atoms with Crippen molar-refractivity contribution in [2.75, 3.05) is 51.9 Å². The normalized spacial score (nSPS) is 26.0. The number of aliphatic hydroxyl groups is 1. The smallest absolute Gasteiger partial charge is 0.410 e. The molecule has 5 aliphatic rings. The van der Waals surface area contributed by atoms with E-state index in [0.717, 1.165) is 11.4 Å². The molecular formula is C67H91N6O19P. The number of hydrogen-bond donors (Lipinski definition) is 7. The lowest BCUT2D eigenvalue weighted by atomic mass is 9.72. The number of aldehydes is 1. The van der Waals surface area contributed by atoms with Crippen molar-refractivity contribution in [2.45, 2.75) is 157 Å². The third kappa shape index (κ3) is 17.0. The van der Waals surface area contributed by atoms with Crippen LogP contribution in [-0.2, 0) is 53.9 Å². The van der Waals surface area contributed by atoms with Crippen molar-refractivity contribution in [2.24, 2.45) is 51.4 Å². The number of piperidine rings is 1. The van der Waals surface area contributed by atoms with Crippen LogP contribution >= 0.6 is 7.60 Å². The number of phenolic OH excluding ortho intramolecular Hbond substituents is 2. The van der Waals surface area contributed by atoms with Gasteiger partial charge in [0.2, 0.25) is 12.7 Å². The maximum absolute atomic E-state index is 14.9. The van der Waals surface area contributed by atoms with Gasteiger partial charge in [-0.2, -0.15) is 0 Å². The number of hydrogen-bond acceptors (Lipinski definition) is 20. The fraction of sp³-hybridized carbons (Fsp3) is 0.567. The van der Waals surface area contributed by atoms with Gasteiger partial charge in [0, 0.05) is 87.6 Å². The number of Topliss-reactive ketones (excluding diaryl/α,β-unsaturated/α-hetero) is 1. The van der Waals surface area contributed by atoms with Gasteiger partial charge in [-0.25, -0.2) is 4.79 Å². The van der Waals surface area contributed by atoms with Gasteiger partial charge in [-0.15, -0.1) is 0 Å². The van der Waals surface area contributed by atoms with Crippen molar-refractivity contribution >= 4 is 66.0 Å². The second kappa shape index (κ2) is 30.6. The summed E-state index contributed by atoms with van der Waals surface area (Å²) in [5.41, 5.74) is -1.74. The number of benzene rings is 3. The first-order chi connectivity index (χ1) is 43.7. The van der Waals surface area contributed by atoms with Gasteiger partial charge in [-0.1, -0.05) is 92.7 Å². The molecule has 3 aromatic carbocycles. The van der Waals surface area contributed by atoms with Crippen LogP contribution in [0.4, 0.5) is 10.5 Å². The summed E-state index contributed by atoms with van der Waals surface area (Å²) in [5, 5.41) is 42.4. The number of nitrogens with one attached hydrogen (secondary N) is 2. The van der Waals surface area contributed by atoms with Crippen molar-refractivity contribution < 1.29 is 91.7 Å². The minimum Gasteiger partial charge on any atom is -0.507 e. The van der Waals surface area contributed by atoms with Crippen LogP contribution in [0.25, 0.3) is 10.8 Å². The fourth-order valence-electron chi connectivity index (χ4n) is 12.3. The lowest BCUT2D eigenvalue weighted by Crippen LogP contribution is -2.50. The number of fused-ring (bicyclic) bond motifs is 13. The maximum atomic E-state index is 14.9. The molecule has 26 heteroatoms. The molecule has 8 rings (SSSR count). The number of ketones is 1. The van der Waals surface area contributed by atoms with Gasteiger partial charge in [0.05, 0.1) is 35.3 Å². The molecule has 5 heterocycles. The van der Waals surface area contributed by atoms with Crippen molar-refractivity contribution in [3.05, 3.63) is 87.8 Å². The van der Waals surface area contributed by atoms with Gasteiger partial charge < -0.3 is 78.8 Å². The molecule has 1 spiro atoms. The molecular weight excluding hydrogens is 1220 g/mol. The molecule has 1 unspecified atom stereocenters. The highest BCUT2D eigenvalue weighted by Gasteiger charge is 2.50. The Hall–Kier alpha value is -7.70. The van der Waals surface area contributed by atoms with Gasteiger partial charge in [-0.05, 0) is 80.1 Å². The fourth-order valence-corrected chi connectivity index (χ4v) is 13.0. The van der Waals surface area contributed by atoms with Crippen LogP contribution in [0, 0.1) is 48.3 Å². The standard InChI is InChI=1S/C67H91N6O19P/c1-14-49(75)88-35-89-65(83)68-48(31-45-20-22-46(23-21-45)87-29-16-19-47(34-74)93(84,85)86)64(82)72(13)33-50(76)91-60-38(5)17-15-18-39(6)63(81)69-56-55-54(70-67(71-55)25-27-73(28-26-67)32-36(2)3)51-52(59(56)79)58(78)44(11)61-53(51)62(80)66(12,92-61)90-30-24-37(4)40(7)41(8)42(9)57(77)43(60)10/h15,17-18,20-24,30,34,36-38,40-43,47-48,57,60,77-79H,14,16,19,25-29,31-33,35H2,1-13H3,(H,68,83)(H,69,81)(H2,84,85,86)/b17-15+,30-24+,39-18-/t37-,38-,40+,41+,42-,43-,47?,48-,57-,60-,66-/m0/s1. The molecule has 1 fully saturated rings. The van der Waals surface area contributed by atoms with Crippen molar-refractivity contribution in [1.82, 2.24) is 15.1 Å². The molecule has 5 aliphatic heterocycles. The van der Waals surface area contributed by atoms with Crippen molar-refractivity contribution in [3.63, 3.8) is 0 Å². The number of aromatic hydroxyl groups is 2. The van der Waals surface area contributed by atoms with E-state index in [1.165, 1.54) is 26.3 Å². The Morgan fingerprint density at radius 2 is 1.57 bits per heavy atom. The second-order valence-electron chi connectivity index (χ2n) is 25.8. The third-order valence-corrected chi connectivity index (χ3v) is 19.7. The molecule has 7 N–H and O–H groups in total. The highest BCUT2D eigenvalue weighted by Crippen LogP contribution is 2.50. The molecule has 0 radical (unpaired) electrons. The minimum atomic E-state index is -4.61. The Kier molecular flexibility index (Phi) is 23.9. The van der Waals surface area contributed by atoms with E-state index in [1.807, 2.05) is 27.7 Å². The highest BCUT2D eigenvalue weighted by atomic mass is 31.2. The zero-order valence-electron chi connectivity index (χ0n) is 55.3. The summed E-state index contributed by atoms with van der Waals surface area (Å²) in [6.07, 6.45) is 5.89. The average Bonchev–Trinajstić information content (AvgIpc) is 1.61. The van der Waals surface area contributed by atoms with Crippen LogP contribution in [0.2, 0.25) is 0 Å². The van der Waals surface area contributed by atoms with Crippen LogP contribution in [0.5, 0.6) is 23.0 Å². The number of aliphatic hydroxyl groups excluding tert-OH is 1. The monoisotopic (exact) mass is 1310 g/mol. The van der Waals surface area contributed by atoms with Gasteiger partial charge in [-0.3, -0.25) is 38.5 Å². The molecule has 3 amide bonds. The van der Waals surface area contributed by atoms with E-state index in [1.54, 1.807) is 77.1 Å². The number of alkyl carbamates (subject to hydrolysis) is 1. The molecule has 11 atom stereocenters. The number of phenols is 2. The van der Waals surface area contributed by atoms with E-state index in [2.05, 4.69) is 29.4 Å². The minimum absolute atomic E-state index is 0.0127. The summed E-state index contributed by atoms with van der Waals surface area (Å²) in [7, 11) is -3.28. The van der Waals surface area contributed by atoms with E-state index in [-0.39, 0.29) is 106 Å². The summed E-state index contributed by atoms with van der Waals surface area (Å²) in [5.74, 6) is -7.92. The molecule has 0 saturated carbocycles. The number of allylic oxidation sites excluding steroid dienone is 3. The first kappa shape index (κ1) is 72.7. The van der Waals surface area contributed by atoms with Crippen LogP contribution in [0.3, 0.4) is 0 Å². The van der Waals surface area contributed by atoms with Crippen LogP contribution in [0.1, 0.15) is 130 Å². The summed E-state index contributed by atoms with van der Waals surface area (Å²) >= 11 is 0. The number of esters is 2. The molecule has 5 bridgehead atoms. The van der Waals surface area contributed by atoms with Gasteiger partial charge >= 0.3 is 31.4 Å². The number of nitrogens with zero attached hydrogens (tertiary/aromatic N) is 4. The molecule has 508 valence electrons. The van der Waals surface area contributed by atoms with Crippen LogP contribution in [-0.4, -0.2) is 159 Å². The summed E-state index contributed by atoms with van der Waals surface area (Å²) in [6.45, 7) is 22.6. The van der Waals surface area contributed by atoms with Gasteiger partial charge in [0.1, 0.15) is 58.9 Å². The van der Waals surface area contributed by atoms with Crippen molar-refractivity contribution in [3.8, 4) is 23.0 Å². The number of likely N-dealkylation sites (tertiary alicyclic amines) is 1. The Bertz CT molecular complexity index is 3580. The highest BCUT2D eigenvalue weighted by molar-refractivity contribution is 7.53. The molecule has 1 saturated heterocycles. The van der Waals surface area contributed by atoms with Crippen molar-refractivity contribution in [1.29, 1.82) is 0 Å². The molecule has 0 aliphatic carbocycles. The predicted octanol–water partition coefficient (Wildman–Crippen LogP) is 7.24. The number of ether oxygens (including phenoxy) is 6. The zero-order valence-corrected chi connectivity index (χ0v) is 56.2. The Morgan fingerprint density at radius 3 is 2.20 bits per heavy atom. The number of anilines is 1. The van der Waals surface area contributed by atoms with Gasteiger partial charge in [0.25, 0.3) is 11.7 Å². The first-order valence-corrected chi connectivity index (χ1v) is 33.4. The second-order valence-corrected chi connectivity index (χ2v) is 27.6. The van der Waals surface area contributed by atoms with E-state index >= 15 is 0 Å². The third-order valence-electron chi connectivity index (χ3n) is 18.5. The molecule has 25 nitrogen and oxygen atoms in total. The molecule has 93 heavy (non-hydrogen) atoms. The number of carbonyl (C=O) groups excluding carboxylic acids is 7. The number of rotatable bonds is 19. The number of likely N-dealkylation sites (N-methyl/N-ethyl adjacent to an activating group) is 1. The van der Waals surface area contributed by atoms with E-state index in [9.17, 15) is 63.2 Å². The van der Waals surface area contributed by atoms with E-state index < -0.39 is 121 Å². The van der Waals surface area contributed by atoms with Gasteiger partial charge in [0.15, 0.2) is 11.4 Å². The molecule has 0 aromatic heterocycles. The predicted molar refractivity (Wildman–Crippen MR) is 343 cm³/mol. The Morgan fingerprint density at radius 1 is 0.903 bits per heavy atom. The Balaban J connectivity index is 1.18. The number of carbonyl (C=O) groups is 7. The maximum Gasteiger partial charge on any atom is 0.410 e. The summed E-state index contributed by atoms with van der Waals surface area (Å²) in [4.78, 5) is 127. The first-order valence-electron chi connectivity index (χ1n) is 31.7. The van der Waals surface area contributed by atoms with Crippen LogP contribution in [0.15, 0.2) is 70.4 Å². The van der Waals surface area contributed by atoms with E-state index in [0.29, 0.717) is 43.2 Å². The summed E-state index contributed by atoms with van der Waals surface area (Å²) < 4.78 is 46.1. The topological polar surface area (TPSA) is 348 Å². The zero-order chi connectivity index (χ0) is 68.6. The Labute approximate surface area is 541 Å². The summed E-state index contributed by atoms with van der Waals surface area (Å²) in [6, 6.07) is 4.98. The molecule has 3 aromatic rings. The lowest BCUT2D eigenvalue weighted by Gasteiger charge is -2.38. The van der Waals surface area contributed by atoms with E-state index in [4.69, 9.17) is 38.4 Å². The van der Waals surface area contributed by atoms with Crippen LogP contribution < -0.4 is 30.8 Å².